The van der Waals surface area contributed by atoms with Crippen LogP contribution in [-0.2, 0) is 25.2 Å². The van der Waals surface area contributed by atoms with Gasteiger partial charge in [-0.2, -0.15) is 26.3 Å². The van der Waals surface area contributed by atoms with Crippen LogP contribution in [0.15, 0.2) is 59.5 Å². The van der Waals surface area contributed by atoms with Gasteiger partial charge in [-0.15, -0.1) is 11.8 Å². The molecule has 0 radical (unpaired) electrons. The van der Waals surface area contributed by atoms with Crippen LogP contribution in [0.25, 0.3) is 0 Å². The van der Waals surface area contributed by atoms with Gasteiger partial charge in [-0.25, -0.2) is 0 Å². The number of carbonyl (C=O) groups excluding carboxylic acids is 3. The lowest BCUT2D eigenvalue weighted by molar-refractivity contribution is -0.256. The monoisotopic (exact) mass is 600 g/mol. The molecule has 3 aromatic carbocycles. The Morgan fingerprint density at radius 2 is 1.25 bits per heavy atom. The third-order valence-corrected chi connectivity index (χ3v) is 8.47. The molecule has 5 nitrogen and oxygen atoms in total. The second kappa shape index (κ2) is 10.5. The molecule has 1 heterocycles. The summed E-state index contributed by atoms with van der Waals surface area (Å²) in [6.07, 6.45) is -12.2. The number of alkyl halides is 6. The molecule has 0 aromatic heterocycles. The van der Waals surface area contributed by atoms with E-state index in [0.29, 0.717) is 12.1 Å². The average molecular weight is 601 g/mol. The molecule has 0 spiro atoms. The van der Waals surface area contributed by atoms with Crippen LogP contribution >= 0.6 is 23.4 Å². The van der Waals surface area contributed by atoms with Crippen LogP contribution in [0, 0.1) is 5.41 Å². The van der Waals surface area contributed by atoms with E-state index in [1.165, 1.54) is 18.2 Å². The zero-order chi connectivity index (χ0) is 29.6. The number of aromatic carboxylic acids is 2. The van der Waals surface area contributed by atoms with E-state index < -0.39 is 87.5 Å². The van der Waals surface area contributed by atoms with Crippen molar-refractivity contribution in [3.63, 3.8) is 0 Å². The number of halogens is 7. The van der Waals surface area contributed by atoms with Crippen LogP contribution in [0.4, 0.5) is 26.3 Å². The van der Waals surface area contributed by atoms with Gasteiger partial charge in [0.05, 0.1) is 33.5 Å². The minimum atomic E-state index is -5.10. The standard InChI is InChI=1S/C27H17ClF6O5S/c28-20-9-3-6-15-21(20)40-12-25(22(15)35,10-16-13(23(36)37)4-1-7-18(16)26(29,30)31)11-17-14(24(38)39)5-2-8-19(17)27(32,33)34/h1-9H,10-12H2,(H,36,37)(H,38,39)/p-2. The van der Waals surface area contributed by atoms with E-state index in [-0.39, 0.29) is 15.5 Å². The van der Waals surface area contributed by atoms with Crippen LogP contribution < -0.4 is 10.2 Å². The summed E-state index contributed by atoms with van der Waals surface area (Å²) in [5.74, 6) is -5.37. The quantitative estimate of drug-likeness (QED) is 0.375. The number of hydrogen-bond donors (Lipinski definition) is 0. The predicted octanol–water partition coefficient (Wildman–Crippen LogP) is 4.86. The first kappa shape index (κ1) is 29.5. The van der Waals surface area contributed by atoms with E-state index in [2.05, 4.69) is 0 Å². The maximum atomic E-state index is 14.0. The molecule has 3 aromatic rings. The number of benzene rings is 3. The summed E-state index contributed by atoms with van der Waals surface area (Å²) in [6, 6.07) is 8.55. The molecule has 0 saturated carbocycles. The second-order valence-corrected chi connectivity index (χ2v) is 10.5. The van der Waals surface area contributed by atoms with Gasteiger partial charge >= 0.3 is 12.4 Å². The first-order valence-corrected chi connectivity index (χ1v) is 12.7. The predicted molar refractivity (Wildman–Crippen MR) is 128 cm³/mol. The fourth-order valence-corrected chi connectivity index (χ4v) is 6.48. The maximum absolute atomic E-state index is 14.0. The van der Waals surface area contributed by atoms with Crippen LogP contribution in [-0.4, -0.2) is 23.5 Å². The molecule has 40 heavy (non-hydrogen) atoms. The van der Waals surface area contributed by atoms with E-state index in [9.17, 15) is 50.9 Å². The van der Waals surface area contributed by atoms with Gasteiger partial charge in [0.15, 0.2) is 5.78 Å². The molecule has 0 unspecified atom stereocenters. The highest BCUT2D eigenvalue weighted by Gasteiger charge is 2.48. The van der Waals surface area contributed by atoms with Crippen molar-refractivity contribution in [1.82, 2.24) is 0 Å². The van der Waals surface area contributed by atoms with E-state index in [0.717, 1.165) is 36.0 Å². The number of ketones is 1. The fourth-order valence-electron chi connectivity index (χ4n) is 4.87. The van der Waals surface area contributed by atoms with Crippen molar-refractivity contribution in [2.24, 2.45) is 5.41 Å². The Bertz CT molecular complexity index is 1460. The van der Waals surface area contributed by atoms with Crippen molar-refractivity contribution in [3.8, 4) is 0 Å². The zero-order valence-corrected chi connectivity index (χ0v) is 21.5. The van der Waals surface area contributed by atoms with E-state index in [1.807, 2.05) is 0 Å². The minimum absolute atomic E-state index is 0.109. The molecule has 210 valence electrons. The van der Waals surface area contributed by atoms with Gasteiger partial charge in [0.1, 0.15) is 0 Å². The minimum Gasteiger partial charge on any atom is -0.545 e. The van der Waals surface area contributed by atoms with Crippen LogP contribution in [0.5, 0.6) is 0 Å². The largest absolute Gasteiger partial charge is 0.545 e. The highest BCUT2D eigenvalue weighted by molar-refractivity contribution is 7.99. The Balaban J connectivity index is 2.03. The molecule has 1 aliphatic heterocycles. The molecule has 0 atom stereocenters. The van der Waals surface area contributed by atoms with Crippen LogP contribution in [0.1, 0.15) is 53.3 Å². The van der Waals surface area contributed by atoms with Crippen molar-refractivity contribution in [2.45, 2.75) is 30.1 Å². The molecule has 0 fully saturated rings. The molecule has 0 aliphatic carbocycles. The molecule has 0 saturated heterocycles. The number of carboxylic acid groups (broad SMARTS) is 2. The topological polar surface area (TPSA) is 97.3 Å². The number of carbonyl (C=O) groups is 3. The molecule has 0 amide bonds. The van der Waals surface area contributed by atoms with Gasteiger partial charge in [0.2, 0.25) is 0 Å². The van der Waals surface area contributed by atoms with Crippen molar-refractivity contribution in [1.29, 1.82) is 0 Å². The first-order valence-electron chi connectivity index (χ1n) is 11.3. The van der Waals surface area contributed by atoms with Crippen molar-refractivity contribution < 1.29 is 50.9 Å². The number of fused-ring (bicyclic) bond motifs is 1. The maximum Gasteiger partial charge on any atom is 0.416 e. The molecular weight excluding hydrogens is 586 g/mol. The number of rotatable bonds is 6. The SMILES string of the molecule is O=C([O-])c1cccc(C(F)(F)F)c1CC1(Cc2c(C(=O)[O-])cccc2C(F)(F)F)CSc2c(Cl)cccc2C1=O. The number of carboxylic acids is 2. The van der Waals surface area contributed by atoms with Gasteiger partial charge in [0, 0.05) is 27.3 Å². The Hall–Kier alpha value is -3.51. The Labute approximate surface area is 231 Å². The average Bonchev–Trinajstić information content (AvgIpc) is 2.85. The highest BCUT2D eigenvalue weighted by atomic mass is 35.5. The Morgan fingerprint density at radius 3 is 1.68 bits per heavy atom. The van der Waals surface area contributed by atoms with E-state index in [4.69, 9.17) is 11.6 Å². The Kier molecular flexibility index (Phi) is 7.72. The molecule has 4 rings (SSSR count). The highest BCUT2D eigenvalue weighted by Crippen LogP contribution is 2.49. The first-order chi connectivity index (χ1) is 18.6. The van der Waals surface area contributed by atoms with E-state index >= 15 is 0 Å². The molecular formula is C27H15ClF6O5S-2. The zero-order valence-electron chi connectivity index (χ0n) is 19.9. The molecule has 13 heteroatoms. The molecule has 0 N–H and O–H groups in total. The van der Waals surface area contributed by atoms with E-state index in [1.54, 1.807) is 0 Å². The summed E-state index contributed by atoms with van der Waals surface area (Å²) in [5.41, 5.74) is -8.70. The van der Waals surface area contributed by atoms with Gasteiger partial charge < -0.3 is 19.8 Å². The third-order valence-electron chi connectivity index (χ3n) is 6.62. The second-order valence-electron chi connectivity index (χ2n) is 9.10. The Morgan fingerprint density at radius 1 is 0.800 bits per heavy atom. The summed E-state index contributed by atoms with van der Waals surface area (Å²) >= 11 is 7.06. The lowest BCUT2D eigenvalue weighted by atomic mass is 9.70. The number of Topliss-reactive ketones (excluding diaryl/α,β-unsaturated/α-hetero) is 1. The van der Waals surface area contributed by atoms with Crippen molar-refractivity contribution in [3.05, 3.63) is 98.6 Å². The molecule has 0 bridgehead atoms. The molecule has 1 aliphatic rings. The normalized spacial score (nSPS) is 15.0. The third kappa shape index (κ3) is 5.42. The van der Waals surface area contributed by atoms with Crippen molar-refractivity contribution in [2.75, 3.05) is 5.75 Å². The summed E-state index contributed by atoms with van der Waals surface area (Å²) in [5, 5.41) is 23.8. The van der Waals surface area contributed by atoms with Crippen molar-refractivity contribution >= 4 is 41.1 Å². The van der Waals surface area contributed by atoms with Crippen LogP contribution in [0.2, 0.25) is 5.02 Å². The number of hydrogen-bond acceptors (Lipinski definition) is 6. The fraction of sp³-hybridized carbons (Fsp3) is 0.222. The van der Waals surface area contributed by atoms with Gasteiger partial charge in [-0.3, -0.25) is 4.79 Å². The lowest BCUT2D eigenvalue weighted by Crippen LogP contribution is -2.43. The summed E-state index contributed by atoms with van der Waals surface area (Å²) < 4.78 is 84.1. The van der Waals surface area contributed by atoms with Gasteiger partial charge in [-0.05, 0) is 42.2 Å². The summed E-state index contributed by atoms with van der Waals surface area (Å²) in [7, 11) is 0. The number of thioether (sulfide) groups is 1. The van der Waals surface area contributed by atoms with Crippen LogP contribution in [0.3, 0.4) is 0 Å². The smallest absolute Gasteiger partial charge is 0.416 e. The van der Waals surface area contributed by atoms with Gasteiger partial charge in [-0.1, -0.05) is 48.0 Å². The lowest BCUT2D eigenvalue weighted by Gasteiger charge is -2.39. The summed E-state index contributed by atoms with van der Waals surface area (Å²) in [6.45, 7) is 0. The summed E-state index contributed by atoms with van der Waals surface area (Å²) in [4.78, 5) is 37.9. The van der Waals surface area contributed by atoms with Gasteiger partial charge in [0.25, 0.3) is 0 Å².